The summed E-state index contributed by atoms with van der Waals surface area (Å²) in [5, 5.41) is 2.76. The van der Waals surface area contributed by atoms with Gasteiger partial charge in [-0.15, -0.1) is 0 Å². The predicted octanol–water partition coefficient (Wildman–Crippen LogP) is 3.88. The van der Waals surface area contributed by atoms with Gasteiger partial charge in [-0.3, -0.25) is 9.59 Å². The Labute approximate surface area is 195 Å². The largest absolute Gasteiger partial charge is 0.481 e. The van der Waals surface area contributed by atoms with Crippen LogP contribution in [-0.4, -0.2) is 49.6 Å². The second-order valence-corrected chi connectivity index (χ2v) is 8.80. The molecule has 6 nitrogen and oxygen atoms in total. The van der Waals surface area contributed by atoms with E-state index in [1.54, 1.807) is 20.1 Å². The number of fused-ring (bicyclic) bond motifs is 1. The minimum atomic E-state index is -0.699. The van der Waals surface area contributed by atoms with Crippen molar-refractivity contribution >= 4 is 11.8 Å². The normalized spacial score (nSPS) is 16.3. The van der Waals surface area contributed by atoms with E-state index in [0.717, 1.165) is 16.7 Å². The molecule has 33 heavy (non-hydrogen) atoms. The van der Waals surface area contributed by atoms with Gasteiger partial charge in [0.1, 0.15) is 11.6 Å². The molecule has 0 spiro atoms. The Morgan fingerprint density at radius 3 is 2.67 bits per heavy atom. The molecule has 1 N–H and O–H groups in total. The van der Waals surface area contributed by atoms with Crippen molar-refractivity contribution in [3.8, 4) is 5.75 Å². The second-order valence-electron chi connectivity index (χ2n) is 8.80. The highest BCUT2D eigenvalue weighted by Crippen LogP contribution is 2.38. The maximum Gasteiger partial charge on any atom is 0.260 e. The van der Waals surface area contributed by atoms with Gasteiger partial charge in [-0.1, -0.05) is 32.0 Å². The SMILES string of the molecule is COCCNC(=O)[C@@H](C)Oc1ccc2c(c1)[C@@H](c1cccc(F)c1)N(C(=O)CC(C)C)CC2. The number of ether oxygens (including phenoxy) is 2. The lowest BCUT2D eigenvalue weighted by Crippen LogP contribution is -2.41. The molecule has 0 aromatic heterocycles. The number of hydrogen-bond acceptors (Lipinski definition) is 4. The fourth-order valence-corrected chi connectivity index (χ4v) is 4.12. The van der Waals surface area contributed by atoms with E-state index in [0.29, 0.717) is 38.3 Å². The van der Waals surface area contributed by atoms with Crippen LogP contribution in [0.1, 0.15) is 49.9 Å². The molecule has 0 saturated heterocycles. The molecule has 0 radical (unpaired) electrons. The smallest absolute Gasteiger partial charge is 0.260 e. The predicted molar refractivity (Wildman–Crippen MR) is 125 cm³/mol. The van der Waals surface area contributed by atoms with E-state index in [-0.39, 0.29) is 23.5 Å². The van der Waals surface area contributed by atoms with Gasteiger partial charge >= 0.3 is 0 Å². The van der Waals surface area contributed by atoms with Gasteiger partial charge in [-0.25, -0.2) is 4.39 Å². The Kier molecular flexibility index (Phi) is 8.44. The number of carbonyl (C=O) groups is 2. The van der Waals surface area contributed by atoms with Crippen LogP contribution in [0.2, 0.25) is 0 Å². The van der Waals surface area contributed by atoms with Gasteiger partial charge in [0.15, 0.2) is 6.10 Å². The van der Waals surface area contributed by atoms with Crippen molar-refractivity contribution in [3.63, 3.8) is 0 Å². The number of nitrogens with one attached hydrogen (secondary N) is 1. The third-order valence-corrected chi connectivity index (χ3v) is 5.70. The van der Waals surface area contributed by atoms with Crippen molar-refractivity contribution in [2.24, 2.45) is 5.92 Å². The van der Waals surface area contributed by atoms with Crippen LogP contribution in [0, 0.1) is 11.7 Å². The standard InChI is InChI=1S/C26H33FN2O4/c1-17(2)14-24(30)29-12-10-19-8-9-22(33-18(3)26(31)28-11-13-32-4)16-23(19)25(29)20-6-5-7-21(27)15-20/h5-9,15-18,25H,10-14H2,1-4H3,(H,28,31)/t18-,25-/m1/s1. The number of benzene rings is 2. The minimum absolute atomic E-state index is 0.0436. The summed E-state index contributed by atoms with van der Waals surface area (Å²) in [7, 11) is 1.57. The molecule has 2 aromatic carbocycles. The summed E-state index contributed by atoms with van der Waals surface area (Å²) in [4.78, 5) is 27.2. The van der Waals surface area contributed by atoms with Crippen molar-refractivity contribution in [3.05, 3.63) is 65.0 Å². The van der Waals surface area contributed by atoms with Gasteiger partial charge in [0, 0.05) is 26.6 Å². The van der Waals surface area contributed by atoms with Crippen molar-refractivity contribution in [2.45, 2.75) is 45.8 Å². The summed E-state index contributed by atoms with van der Waals surface area (Å²) in [5.74, 6) is 0.217. The van der Waals surface area contributed by atoms with Crippen LogP contribution in [0.5, 0.6) is 5.75 Å². The van der Waals surface area contributed by atoms with Gasteiger partial charge in [-0.05, 0) is 60.2 Å². The summed E-state index contributed by atoms with van der Waals surface area (Å²) in [6.45, 7) is 7.10. The van der Waals surface area contributed by atoms with E-state index >= 15 is 0 Å². The maximum absolute atomic E-state index is 14.1. The van der Waals surface area contributed by atoms with Crippen LogP contribution in [0.25, 0.3) is 0 Å². The molecule has 1 heterocycles. The van der Waals surface area contributed by atoms with Crippen LogP contribution < -0.4 is 10.1 Å². The lowest BCUT2D eigenvalue weighted by atomic mass is 9.87. The number of carbonyl (C=O) groups excluding carboxylic acids is 2. The van der Waals surface area contributed by atoms with E-state index in [2.05, 4.69) is 5.32 Å². The molecule has 0 fully saturated rings. The lowest BCUT2D eigenvalue weighted by Gasteiger charge is -2.38. The molecule has 178 valence electrons. The monoisotopic (exact) mass is 456 g/mol. The molecule has 2 amide bonds. The van der Waals surface area contributed by atoms with Crippen molar-refractivity contribution in [1.29, 1.82) is 0 Å². The Morgan fingerprint density at radius 1 is 1.18 bits per heavy atom. The molecule has 0 unspecified atom stereocenters. The third kappa shape index (κ3) is 6.32. The van der Waals surface area contributed by atoms with Gasteiger partial charge < -0.3 is 19.7 Å². The van der Waals surface area contributed by atoms with E-state index in [1.165, 1.54) is 12.1 Å². The van der Waals surface area contributed by atoms with Crippen molar-refractivity contribution in [1.82, 2.24) is 10.2 Å². The number of nitrogens with zero attached hydrogens (tertiary/aromatic N) is 1. The molecular weight excluding hydrogens is 423 g/mol. The quantitative estimate of drug-likeness (QED) is 0.582. The third-order valence-electron chi connectivity index (χ3n) is 5.70. The molecular formula is C26H33FN2O4. The summed E-state index contributed by atoms with van der Waals surface area (Å²) >= 11 is 0. The summed E-state index contributed by atoms with van der Waals surface area (Å²) in [6, 6.07) is 11.7. The first kappa shape index (κ1) is 24.7. The van der Waals surface area contributed by atoms with Gasteiger partial charge in [0.2, 0.25) is 5.91 Å². The van der Waals surface area contributed by atoms with E-state index in [4.69, 9.17) is 9.47 Å². The van der Waals surface area contributed by atoms with Crippen LogP contribution in [0.15, 0.2) is 42.5 Å². The lowest BCUT2D eigenvalue weighted by molar-refractivity contribution is -0.134. The summed E-state index contributed by atoms with van der Waals surface area (Å²) in [6.07, 6.45) is 0.434. The fourth-order valence-electron chi connectivity index (χ4n) is 4.12. The average Bonchev–Trinajstić information content (AvgIpc) is 2.77. The first-order valence-electron chi connectivity index (χ1n) is 11.4. The molecule has 0 aliphatic carbocycles. The van der Waals surface area contributed by atoms with Crippen LogP contribution in [0.3, 0.4) is 0 Å². The summed E-state index contributed by atoms with van der Waals surface area (Å²) in [5.41, 5.74) is 2.70. The highest BCUT2D eigenvalue weighted by atomic mass is 19.1. The molecule has 2 aromatic rings. The number of halogens is 1. The Balaban J connectivity index is 1.91. The molecule has 2 atom stereocenters. The Morgan fingerprint density at radius 2 is 1.97 bits per heavy atom. The van der Waals surface area contributed by atoms with Crippen LogP contribution in [-0.2, 0) is 20.7 Å². The van der Waals surface area contributed by atoms with Crippen LogP contribution >= 0.6 is 0 Å². The molecule has 0 saturated carbocycles. The number of rotatable bonds is 9. The summed E-state index contributed by atoms with van der Waals surface area (Å²) < 4.78 is 25.0. The second kappa shape index (κ2) is 11.3. The molecule has 7 heteroatoms. The molecule has 0 bridgehead atoms. The molecule has 3 rings (SSSR count). The molecule has 1 aliphatic heterocycles. The zero-order valence-electron chi connectivity index (χ0n) is 19.8. The Hall–Kier alpha value is -2.93. The highest BCUT2D eigenvalue weighted by molar-refractivity contribution is 5.80. The zero-order chi connectivity index (χ0) is 24.0. The molecule has 1 aliphatic rings. The van der Waals surface area contributed by atoms with E-state index in [1.807, 2.05) is 43.0 Å². The Bertz CT molecular complexity index is 979. The number of methoxy groups -OCH3 is 1. The maximum atomic E-state index is 14.1. The van der Waals surface area contributed by atoms with Gasteiger partial charge in [0.25, 0.3) is 5.91 Å². The van der Waals surface area contributed by atoms with Crippen molar-refractivity contribution in [2.75, 3.05) is 26.8 Å². The van der Waals surface area contributed by atoms with Gasteiger partial charge in [0.05, 0.1) is 12.6 Å². The van der Waals surface area contributed by atoms with E-state index in [9.17, 15) is 14.0 Å². The van der Waals surface area contributed by atoms with Crippen LogP contribution in [0.4, 0.5) is 4.39 Å². The fraction of sp³-hybridized carbons (Fsp3) is 0.462. The highest BCUT2D eigenvalue weighted by Gasteiger charge is 2.33. The average molecular weight is 457 g/mol. The van der Waals surface area contributed by atoms with Gasteiger partial charge in [-0.2, -0.15) is 0 Å². The van der Waals surface area contributed by atoms with E-state index < -0.39 is 12.1 Å². The van der Waals surface area contributed by atoms with Crippen molar-refractivity contribution < 1.29 is 23.5 Å². The first-order chi connectivity index (χ1) is 15.8. The number of amides is 2. The zero-order valence-corrected chi connectivity index (χ0v) is 19.8. The first-order valence-corrected chi connectivity index (χ1v) is 11.4. The number of hydrogen-bond donors (Lipinski definition) is 1. The topological polar surface area (TPSA) is 67.9 Å². The minimum Gasteiger partial charge on any atom is -0.481 e.